The van der Waals surface area contributed by atoms with Crippen LogP contribution in [0.5, 0.6) is 11.5 Å². The zero-order chi connectivity index (χ0) is 18.3. The molecule has 6 heteroatoms. The third-order valence-electron chi connectivity index (χ3n) is 4.74. The molecule has 0 atom stereocenters. The van der Waals surface area contributed by atoms with Crippen molar-refractivity contribution < 1.29 is 13.9 Å². The lowest BCUT2D eigenvalue weighted by Crippen LogP contribution is -2.28. The third kappa shape index (κ3) is 2.29. The Hall–Kier alpha value is -3.46. The van der Waals surface area contributed by atoms with E-state index in [0.29, 0.717) is 34.9 Å². The normalized spacial score (nSPS) is 12.0. The Morgan fingerprint density at radius 2 is 1.92 bits per heavy atom. The summed E-state index contributed by atoms with van der Waals surface area (Å²) in [7, 11) is 3.22. The van der Waals surface area contributed by atoms with Crippen LogP contribution >= 0.6 is 0 Å². The van der Waals surface area contributed by atoms with Crippen molar-refractivity contribution in [2.24, 2.45) is 0 Å². The van der Waals surface area contributed by atoms with E-state index >= 15 is 0 Å². The van der Waals surface area contributed by atoms with Crippen molar-refractivity contribution in [3.8, 4) is 40.1 Å². The molecule has 0 fully saturated rings. The first kappa shape index (κ1) is 16.0. The molecule has 26 heavy (non-hydrogen) atoms. The molecule has 0 saturated carbocycles. The summed E-state index contributed by atoms with van der Waals surface area (Å²) in [6.45, 7) is 0.629. The van der Waals surface area contributed by atoms with Gasteiger partial charge < -0.3 is 18.5 Å². The molecule has 2 aromatic heterocycles. The number of ether oxygens (including phenoxy) is 2. The monoisotopic (exact) mass is 347 g/mol. The van der Waals surface area contributed by atoms with Crippen LogP contribution in [0.2, 0.25) is 0 Å². The Balaban J connectivity index is 2.03. The number of fused-ring (bicyclic) bond motifs is 3. The minimum Gasteiger partial charge on any atom is -0.493 e. The van der Waals surface area contributed by atoms with E-state index < -0.39 is 0 Å². The van der Waals surface area contributed by atoms with Gasteiger partial charge in [-0.25, -0.2) is 0 Å². The summed E-state index contributed by atoms with van der Waals surface area (Å²) in [4.78, 5) is 0. The smallest absolute Gasteiger partial charge is 0.161 e. The molecule has 0 aliphatic carbocycles. The van der Waals surface area contributed by atoms with E-state index in [2.05, 4.69) is 6.07 Å². The largest absolute Gasteiger partial charge is 0.493 e. The first-order valence-corrected chi connectivity index (χ1v) is 8.19. The molecule has 4 rings (SSSR count). The van der Waals surface area contributed by atoms with Crippen LogP contribution in [0, 0.1) is 16.7 Å². The van der Waals surface area contributed by atoms with Gasteiger partial charge in [0.1, 0.15) is 22.9 Å². The number of rotatable bonds is 3. The molecular formula is C20H17N3O3. The number of nitrogens with zero attached hydrogens (tertiary/aromatic N) is 2. The highest BCUT2D eigenvalue weighted by atomic mass is 16.5. The van der Waals surface area contributed by atoms with Gasteiger partial charge >= 0.3 is 0 Å². The number of aryl methyl sites for hydroxylation is 1. The molecule has 1 aromatic carbocycles. The summed E-state index contributed by atoms with van der Waals surface area (Å²) >= 11 is 0. The van der Waals surface area contributed by atoms with E-state index in [-0.39, 0.29) is 5.49 Å². The molecule has 3 aromatic rings. The number of nitriles is 1. The Kier molecular flexibility index (Phi) is 3.77. The number of nitrogens with one attached hydrogen (secondary N) is 1. The van der Waals surface area contributed by atoms with Crippen molar-refractivity contribution in [1.29, 1.82) is 10.7 Å². The molecule has 0 bridgehead atoms. The van der Waals surface area contributed by atoms with Crippen LogP contribution in [-0.4, -0.2) is 18.8 Å². The highest BCUT2D eigenvalue weighted by Gasteiger charge is 2.23. The lowest BCUT2D eigenvalue weighted by molar-refractivity contribution is 0.354. The highest BCUT2D eigenvalue weighted by molar-refractivity contribution is 5.76. The van der Waals surface area contributed by atoms with Crippen LogP contribution in [0.3, 0.4) is 0 Å². The molecule has 0 amide bonds. The average Bonchev–Trinajstić information content (AvgIpc) is 3.21. The number of methoxy groups -OCH3 is 2. The Bertz CT molecular complexity index is 1090. The average molecular weight is 347 g/mol. The summed E-state index contributed by atoms with van der Waals surface area (Å²) < 4.78 is 18.2. The van der Waals surface area contributed by atoms with E-state index in [1.807, 2.05) is 22.8 Å². The topological polar surface area (TPSA) is 84.2 Å². The zero-order valence-corrected chi connectivity index (χ0v) is 14.5. The van der Waals surface area contributed by atoms with Gasteiger partial charge in [-0.3, -0.25) is 5.41 Å². The molecule has 3 heterocycles. The lowest BCUT2D eigenvalue weighted by Gasteiger charge is -2.25. The quantitative estimate of drug-likeness (QED) is 0.787. The number of benzene rings is 1. The van der Waals surface area contributed by atoms with Crippen molar-refractivity contribution in [2.45, 2.75) is 13.0 Å². The second-order valence-corrected chi connectivity index (χ2v) is 6.02. The number of aromatic nitrogens is 1. The van der Waals surface area contributed by atoms with Crippen molar-refractivity contribution in [3.63, 3.8) is 0 Å². The first-order chi connectivity index (χ1) is 12.7. The molecule has 6 nitrogen and oxygen atoms in total. The fourth-order valence-electron chi connectivity index (χ4n) is 3.46. The van der Waals surface area contributed by atoms with Crippen LogP contribution in [-0.2, 0) is 13.0 Å². The van der Waals surface area contributed by atoms with Gasteiger partial charge in [-0.05, 0) is 42.3 Å². The third-order valence-corrected chi connectivity index (χ3v) is 4.74. The molecule has 1 N–H and O–H groups in total. The van der Waals surface area contributed by atoms with Gasteiger partial charge in [0.2, 0.25) is 0 Å². The van der Waals surface area contributed by atoms with Gasteiger partial charge in [0.25, 0.3) is 0 Å². The molecular weight excluding hydrogens is 330 g/mol. The van der Waals surface area contributed by atoms with Gasteiger partial charge in [-0.1, -0.05) is 0 Å². The second kappa shape index (κ2) is 6.12. The summed E-state index contributed by atoms with van der Waals surface area (Å²) in [6.07, 6.45) is 2.32. The lowest BCUT2D eigenvalue weighted by atomic mass is 9.94. The predicted octanol–water partition coefficient (Wildman–Crippen LogP) is 3.34. The van der Waals surface area contributed by atoms with E-state index in [0.717, 1.165) is 23.2 Å². The molecule has 0 saturated heterocycles. The van der Waals surface area contributed by atoms with E-state index in [9.17, 15) is 5.26 Å². The minimum atomic E-state index is 0.192. The molecule has 1 aliphatic heterocycles. The minimum absolute atomic E-state index is 0.192. The van der Waals surface area contributed by atoms with Crippen LogP contribution in [0.1, 0.15) is 11.1 Å². The maximum atomic E-state index is 9.58. The van der Waals surface area contributed by atoms with E-state index in [1.165, 1.54) is 0 Å². The predicted molar refractivity (Wildman–Crippen MR) is 94.9 cm³/mol. The number of furan rings is 1. The summed E-state index contributed by atoms with van der Waals surface area (Å²) in [5.41, 5.74) is 4.08. The maximum Gasteiger partial charge on any atom is 0.161 e. The van der Waals surface area contributed by atoms with Crippen molar-refractivity contribution in [3.05, 3.63) is 53.2 Å². The van der Waals surface area contributed by atoms with E-state index in [1.54, 1.807) is 32.6 Å². The second-order valence-electron chi connectivity index (χ2n) is 6.02. The van der Waals surface area contributed by atoms with Crippen LogP contribution in [0.25, 0.3) is 22.6 Å². The Labute approximate surface area is 150 Å². The summed E-state index contributed by atoms with van der Waals surface area (Å²) in [5, 5.41) is 18.1. The Morgan fingerprint density at radius 3 is 2.58 bits per heavy atom. The maximum absolute atomic E-state index is 9.58. The van der Waals surface area contributed by atoms with Crippen molar-refractivity contribution in [1.82, 2.24) is 4.57 Å². The SMILES string of the molecule is COc1cc2c(cc1OC)-c1cc(-c3ccco3)c(C#N)c(=N)n1CC2. The van der Waals surface area contributed by atoms with E-state index in [4.69, 9.17) is 19.3 Å². The number of hydrogen-bond donors (Lipinski definition) is 1. The molecule has 0 unspecified atom stereocenters. The molecule has 0 spiro atoms. The highest BCUT2D eigenvalue weighted by Crippen LogP contribution is 2.39. The fraction of sp³-hybridized carbons (Fsp3) is 0.200. The van der Waals surface area contributed by atoms with Crippen LogP contribution < -0.4 is 15.0 Å². The number of hydrogen-bond acceptors (Lipinski definition) is 5. The summed E-state index contributed by atoms with van der Waals surface area (Å²) in [5.74, 6) is 1.90. The van der Waals surface area contributed by atoms with Crippen molar-refractivity contribution >= 4 is 0 Å². The zero-order valence-electron chi connectivity index (χ0n) is 14.5. The van der Waals surface area contributed by atoms with Crippen molar-refractivity contribution in [2.75, 3.05) is 14.2 Å². The van der Waals surface area contributed by atoms with Crippen LogP contribution in [0.15, 0.2) is 41.0 Å². The molecule has 130 valence electrons. The van der Waals surface area contributed by atoms with Gasteiger partial charge in [0.05, 0.1) is 26.2 Å². The van der Waals surface area contributed by atoms with Gasteiger partial charge in [0, 0.05) is 17.7 Å². The fourth-order valence-corrected chi connectivity index (χ4v) is 3.46. The first-order valence-electron chi connectivity index (χ1n) is 8.19. The summed E-state index contributed by atoms with van der Waals surface area (Å²) in [6, 6.07) is 11.5. The van der Waals surface area contributed by atoms with Gasteiger partial charge in [0.15, 0.2) is 11.5 Å². The standard InChI is InChI=1S/C20H17N3O3/c1-24-18-8-12-5-6-23-16(13(12)10-19(18)25-2)9-14(15(11-21)20(23)22)17-4-3-7-26-17/h3-4,7-10,22H,5-6H2,1-2H3. The van der Waals surface area contributed by atoms with Gasteiger partial charge in [-0.2, -0.15) is 5.26 Å². The Morgan fingerprint density at radius 1 is 1.15 bits per heavy atom. The van der Waals surface area contributed by atoms with Crippen LogP contribution in [0.4, 0.5) is 0 Å². The number of pyridine rings is 1. The van der Waals surface area contributed by atoms with Gasteiger partial charge in [-0.15, -0.1) is 0 Å². The molecule has 1 aliphatic rings. The molecule has 0 radical (unpaired) electrons.